The normalized spacial score (nSPS) is 24.0. The molecule has 2 aromatic rings. The first-order chi connectivity index (χ1) is 16.8. The van der Waals surface area contributed by atoms with Gasteiger partial charge in [0.25, 0.3) is 5.91 Å². The second kappa shape index (κ2) is 11.0. The first-order valence-electron chi connectivity index (χ1n) is 10.2. The van der Waals surface area contributed by atoms with Crippen molar-refractivity contribution in [2.45, 2.75) is 22.2 Å². The molecule has 6 N–H and O–H groups in total. The van der Waals surface area contributed by atoms with Crippen LogP contribution in [0.5, 0.6) is 0 Å². The predicted molar refractivity (Wildman–Crippen MR) is 131 cm³/mol. The highest BCUT2D eigenvalue weighted by atomic mass is 32.2. The van der Waals surface area contributed by atoms with Crippen molar-refractivity contribution in [3.8, 4) is 0 Å². The molecule has 2 saturated heterocycles. The molecule has 0 saturated carbocycles. The Balaban J connectivity index is 1.42. The molecule has 188 valence electrons. The predicted octanol–water partition coefficient (Wildman–Crippen LogP) is -0.695. The molecule has 2 unspecified atom stereocenters. The van der Waals surface area contributed by atoms with E-state index in [0.717, 1.165) is 11.5 Å². The largest absolute Gasteiger partial charge is 0.481 e. The summed E-state index contributed by atoms with van der Waals surface area (Å²) in [5, 5.41) is 23.9. The molecule has 14 nitrogen and oxygen atoms in total. The number of carbonyl (C=O) groups excluding carboxylic acids is 2. The number of nitrogens with zero attached hydrogens (tertiary/aromatic N) is 6. The molecule has 0 spiro atoms. The lowest BCUT2D eigenvalue weighted by Crippen LogP contribution is -2.74. The fourth-order valence-corrected chi connectivity index (χ4v) is 7.10. The summed E-state index contributed by atoms with van der Waals surface area (Å²) in [4.78, 5) is 48.6. The zero-order chi connectivity index (χ0) is 25.0. The maximum Gasteiger partial charge on any atom is 0.313 e. The number of anilines is 1. The van der Waals surface area contributed by atoms with E-state index in [1.54, 1.807) is 5.51 Å². The van der Waals surface area contributed by atoms with Crippen LogP contribution in [-0.4, -0.2) is 95.7 Å². The van der Waals surface area contributed by atoms with E-state index in [4.69, 9.17) is 16.3 Å². The Morgan fingerprint density at radius 1 is 1.46 bits per heavy atom. The number of rotatable bonds is 11. The van der Waals surface area contributed by atoms with Gasteiger partial charge in [-0.2, -0.15) is 9.36 Å². The van der Waals surface area contributed by atoms with E-state index in [0.29, 0.717) is 17.3 Å². The molecule has 2 aromatic heterocycles. The van der Waals surface area contributed by atoms with Gasteiger partial charge in [0.15, 0.2) is 9.47 Å². The SMILES string of the molecule is NCCCON=C(C(=O)NC1C(=O)N2CC(CSc3nncs3)(C(=O)O)CS[C@H]12)c1nsc(N)n1. The number of thioether (sulfide) groups is 2. The van der Waals surface area contributed by atoms with E-state index >= 15 is 0 Å². The third-order valence-corrected chi connectivity index (χ3v) is 9.44. The van der Waals surface area contributed by atoms with Crippen molar-refractivity contribution >= 4 is 75.0 Å². The molecule has 2 aliphatic heterocycles. The maximum absolute atomic E-state index is 13.0. The number of aliphatic carboxylic acids is 1. The fourth-order valence-electron chi connectivity index (χ4n) is 3.31. The number of nitrogens with one attached hydrogen (secondary N) is 1. The van der Waals surface area contributed by atoms with Crippen molar-refractivity contribution in [2.75, 3.05) is 36.9 Å². The molecular formula is C17H21N9O5S4. The number of amides is 2. The van der Waals surface area contributed by atoms with Crippen molar-refractivity contribution in [3.05, 3.63) is 11.3 Å². The van der Waals surface area contributed by atoms with E-state index < -0.39 is 28.7 Å². The third kappa shape index (κ3) is 5.50. The molecule has 35 heavy (non-hydrogen) atoms. The van der Waals surface area contributed by atoms with Crippen LogP contribution in [-0.2, 0) is 19.2 Å². The number of carbonyl (C=O) groups is 3. The van der Waals surface area contributed by atoms with Crippen LogP contribution < -0.4 is 16.8 Å². The summed E-state index contributed by atoms with van der Waals surface area (Å²) in [6.07, 6.45) is 0.530. The topological polar surface area (TPSA) is 212 Å². The van der Waals surface area contributed by atoms with Crippen LogP contribution in [0.1, 0.15) is 12.2 Å². The quantitative estimate of drug-likeness (QED) is 0.0883. The van der Waals surface area contributed by atoms with Crippen molar-refractivity contribution in [1.29, 1.82) is 0 Å². The average molecular weight is 560 g/mol. The smallest absolute Gasteiger partial charge is 0.313 e. The lowest BCUT2D eigenvalue weighted by Gasteiger charge is -2.53. The van der Waals surface area contributed by atoms with Gasteiger partial charge in [-0.25, -0.2) is 0 Å². The minimum atomic E-state index is -1.15. The number of oxime groups is 1. The van der Waals surface area contributed by atoms with Gasteiger partial charge in [0.2, 0.25) is 17.4 Å². The number of hydrogen-bond acceptors (Lipinski definition) is 15. The van der Waals surface area contributed by atoms with Crippen LogP contribution in [0.15, 0.2) is 15.0 Å². The Bertz CT molecular complexity index is 1110. The number of hydrogen-bond donors (Lipinski definition) is 4. The summed E-state index contributed by atoms with van der Waals surface area (Å²) < 4.78 is 4.66. The lowest BCUT2D eigenvalue weighted by molar-refractivity contribution is -0.157. The number of fused-ring (bicyclic) bond motifs is 1. The molecule has 4 heterocycles. The Kier molecular flexibility index (Phi) is 8.05. The average Bonchev–Trinajstić information content (AvgIpc) is 3.52. The molecule has 3 atom stereocenters. The minimum absolute atomic E-state index is 0.0173. The highest BCUT2D eigenvalue weighted by Crippen LogP contribution is 2.44. The molecule has 18 heteroatoms. The van der Waals surface area contributed by atoms with Crippen molar-refractivity contribution in [2.24, 2.45) is 16.3 Å². The Labute approximate surface area is 215 Å². The molecule has 0 aliphatic carbocycles. The summed E-state index contributed by atoms with van der Waals surface area (Å²) in [7, 11) is 0. The molecule has 2 fully saturated rings. The molecule has 0 aromatic carbocycles. The first-order valence-corrected chi connectivity index (χ1v) is 13.9. The van der Waals surface area contributed by atoms with E-state index in [9.17, 15) is 19.5 Å². The molecular weight excluding hydrogens is 539 g/mol. The van der Waals surface area contributed by atoms with E-state index in [2.05, 4.69) is 30.0 Å². The van der Waals surface area contributed by atoms with Crippen molar-refractivity contribution in [3.63, 3.8) is 0 Å². The van der Waals surface area contributed by atoms with Gasteiger partial charge < -0.3 is 31.6 Å². The number of aromatic nitrogens is 4. The summed E-state index contributed by atoms with van der Waals surface area (Å²) in [5.41, 5.74) is 11.3. The summed E-state index contributed by atoms with van der Waals surface area (Å²) in [6.45, 7) is 0.611. The molecule has 0 radical (unpaired) electrons. The molecule has 0 bridgehead atoms. The van der Waals surface area contributed by atoms with E-state index in [-0.39, 0.29) is 47.2 Å². The van der Waals surface area contributed by atoms with Gasteiger partial charge >= 0.3 is 5.97 Å². The van der Waals surface area contributed by atoms with Gasteiger partial charge in [0.1, 0.15) is 28.9 Å². The standard InChI is InChI=1S/C17H21N9O5S4/c18-2-1-3-31-24-8(10-22-15(19)35-25-10)11(27)21-9-12(28)26-4-17(14(29)30,5-32-13(9)26)6-33-16-23-20-7-34-16/h7,9,13H,1-6,18H2,(H,21,27)(H,29,30)(H2,19,22,25)/t9?,13-,17?/m1/s1. The highest BCUT2D eigenvalue weighted by molar-refractivity contribution is 8.01. The second-order valence-electron chi connectivity index (χ2n) is 7.57. The number of carboxylic acid groups (broad SMARTS) is 1. The summed E-state index contributed by atoms with van der Waals surface area (Å²) in [5.74, 6) is -1.57. The first kappa shape index (κ1) is 25.5. The van der Waals surface area contributed by atoms with Crippen LogP contribution >= 0.6 is 46.4 Å². The van der Waals surface area contributed by atoms with E-state index in [1.807, 2.05) is 0 Å². The molecule has 2 aliphatic rings. The van der Waals surface area contributed by atoms with Crippen molar-refractivity contribution < 1.29 is 24.3 Å². The number of carboxylic acids is 1. The molecule has 4 rings (SSSR count). The van der Waals surface area contributed by atoms with Crippen LogP contribution in [0.3, 0.4) is 0 Å². The summed E-state index contributed by atoms with van der Waals surface area (Å²) >= 11 is 4.82. The molecule has 2 amide bonds. The van der Waals surface area contributed by atoms with Crippen molar-refractivity contribution in [1.82, 2.24) is 29.8 Å². The number of nitrogen functional groups attached to an aromatic ring is 1. The van der Waals surface area contributed by atoms with Crippen LogP contribution in [0.25, 0.3) is 0 Å². The highest BCUT2D eigenvalue weighted by Gasteiger charge is 2.57. The second-order valence-corrected chi connectivity index (χ2v) is 11.5. The van der Waals surface area contributed by atoms with Gasteiger partial charge in [0, 0.05) is 29.6 Å². The van der Waals surface area contributed by atoms with E-state index in [1.165, 1.54) is 39.8 Å². The van der Waals surface area contributed by atoms with Gasteiger partial charge in [-0.05, 0) is 13.0 Å². The van der Waals surface area contributed by atoms with Gasteiger partial charge in [-0.3, -0.25) is 14.4 Å². The van der Waals surface area contributed by atoms with Crippen LogP contribution in [0.2, 0.25) is 0 Å². The zero-order valence-corrected chi connectivity index (χ0v) is 21.3. The number of nitrogens with two attached hydrogens (primary N) is 2. The van der Waals surface area contributed by atoms with Gasteiger partial charge in [-0.1, -0.05) is 28.3 Å². The zero-order valence-electron chi connectivity index (χ0n) is 18.0. The summed E-state index contributed by atoms with van der Waals surface area (Å²) in [6, 6.07) is -0.847. The Morgan fingerprint density at radius 3 is 2.94 bits per heavy atom. The monoisotopic (exact) mass is 559 g/mol. The van der Waals surface area contributed by atoms with Gasteiger partial charge in [0.05, 0.1) is 0 Å². The van der Waals surface area contributed by atoms with Crippen LogP contribution in [0.4, 0.5) is 5.13 Å². The minimum Gasteiger partial charge on any atom is -0.481 e. The van der Waals surface area contributed by atoms with Crippen LogP contribution in [0, 0.1) is 5.41 Å². The Hall–Kier alpha value is -2.54. The Morgan fingerprint density at radius 2 is 2.29 bits per heavy atom. The fraction of sp³-hybridized carbons (Fsp3) is 0.529. The maximum atomic E-state index is 13.0. The third-order valence-electron chi connectivity index (χ3n) is 5.16. The lowest BCUT2D eigenvalue weighted by atomic mass is 9.89. The van der Waals surface area contributed by atoms with Gasteiger partial charge in [-0.15, -0.1) is 22.0 Å². The number of β-lactam (4-membered cyclic amide) rings is 1.